The minimum atomic E-state index is -0.478. The lowest BCUT2D eigenvalue weighted by Gasteiger charge is -2.23. The van der Waals surface area contributed by atoms with Gasteiger partial charge in [-0.3, -0.25) is 14.4 Å². The van der Waals surface area contributed by atoms with Crippen molar-refractivity contribution in [3.63, 3.8) is 0 Å². The Morgan fingerprint density at radius 3 is 2.76 bits per heavy atom. The van der Waals surface area contributed by atoms with Gasteiger partial charge in [0.05, 0.1) is 17.5 Å². The van der Waals surface area contributed by atoms with Crippen LogP contribution in [0.1, 0.15) is 13.3 Å². The van der Waals surface area contributed by atoms with Crippen molar-refractivity contribution >= 4 is 35.2 Å². The van der Waals surface area contributed by atoms with E-state index >= 15 is 0 Å². The quantitative estimate of drug-likeness (QED) is 0.749. The first kappa shape index (κ1) is 15.4. The molecule has 0 spiro atoms. The standard InChI is InChI=1S/C14H17N3O3S/c1-2-15-13(19)8-16-12(18)7-11-14(20)17-9-5-3-4-6-10(9)21-11/h3-6,11H,2,7-8H2,1H3,(H,15,19)(H,16,18)(H,17,20)/t11-/m0/s1. The van der Waals surface area contributed by atoms with Crippen molar-refractivity contribution in [3.05, 3.63) is 24.3 Å². The fourth-order valence-corrected chi connectivity index (χ4v) is 3.02. The van der Waals surface area contributed by atoms with E-state index in [1.807, 2.05) is 24.3 Å². The van der Waals surface area contributed by atoms with Gasteiger partial charge in [-0.1, -0.05) is 12.1 Å². The van der Waals surface area contributed by atoms with Crippen LogP contribution in [0.4, 0.5) is 5.69 Å². The van der Waals surface area contributed by atoms with Gasteiger partial charge in [-0.2, -0.15) is 0 Å². The van der Waals surface area contributed by atoms with Gasteiger partial charge >= 0.3 is 0 Å². The van der Waals surface area contributed by atoms with Crippen LogP contribution in [0, 0.1) is 0 Å². The first-order valence-electron chi connectivity index (χ1n) is 6.70. The van der Waals surface area contributed by atoms with E-state index < -0.39 is 5.25 Å². The molecular formula is C14H17N3O3S. The van der Waals surface area contributed by atoms with Gasteiger partial charge in [-0.15, -0.1) is 11.8 Å². The summed E-state index contributed by atoms with van der Waals surface area (Å²) in [7, 11) is 0. The van der Waals surface area contributed by atoms with Gasteiger partial charge in [-0.05, 0) is 19.1 Å². The van der Waals surface area contributed by atoms with Crippen molar-refractivity contribution in [1.29, 1.82) is 0 Å². The maximum absolute atomic E-state index is 11.9. The Labute approximate surface area is 127 Å². The largest absolute Gasteiger partial charge is 0.355 e. The third kappa shape index (κ3) is 4.22. The molecule has 7 heteroatoms. The van der Waals surface area contributed by atoms with Crippen molar-refractivity contribution in [1.82, 2.24) is 10.6 Å². The molecule has 0 saturated heterocycles. The number of para-hydroxylation sites is 1. The Balaban J connectivity index is 1.87. The highest BCUT2D eigenvalue weighted by molar-refractivity contribution is 8.01. The average Bonchev–Trinajstić information content (AvgIpc) is 2.46. The second kappa shape index (κ2) is 7.12. The summed E-state index contributed by atoms with van der Waals surface area (Å²) in [6, 6.07) is 7.46. The molecular weight excluding hydrogens is 290 g/mol. The topological polar surface area (TPSA) is 87.3 Å². The number of nitrogens with one attached hydrogen (secondary N) is 3. The Bertz CT molecular complexity index is 562. The number of amides is 3. The second-order valence-corrected chi connectivity index (χ2v) is 5.77. The first-order valence-corrected chi connectivity index (χ1v) is 7.58. The summed E-state index contributed by atoms with van der Waals surface area (Å²) in [4.78, 5) is 35.9. The summed E-state index contributed by atoms with van der Waals surface area (Å²) in [5.41, 5.74) is 0.770. The van der Waals surface area contributed by atoms with Crippen LogP contribution in [0.3, 0.4) is 0 Å². The molecule has 1 aromatic rings. The molecule has 1 aliphatic rings. The van der Waals surface area contributed by atoms with Gasteiger partial charge in [0.1, 0.15) is 0 Å². The maximum Gasteiger partial charge on any atom is 0.239 e. The number of thioether (sulfide) groups is 1. The molecule has 3 amide bonds. The zero-order valence-electron chi connectivity index (χ0n) is 11.6. The highest BCUT2D eigenvalue weighted by Crippen LogP contribution is 2.36. The predicted octanol–water partition coefficient (Wildman–Crippen LogP) is 0.742. The minimum Gasteiger partial charge on any atom is -0.355 e. The van der Waals surface area contributed by atoms with E-state index in [4.69, 9.17) is 0 Å². The summed E-state index contributed by atoms with van der Waals surface area (Å²) >= 11 is 1.36. The third-order valence-electron chi connectivity index (χ3n) is 2.90. The molecule has 0 aliphatic carbocycles. The van der Waals surface area contributed by atoms with E-state index in [-0.39, 0.29) is 30.7 Å². The van der Waals surface area contributed by atoms with Crippen LogP contribution in [-0.2, 0) is 14.4 Å². The van der Waals surface area contributed by atoms with E-state index in [9.17, 15) is 14.4 Å². The second-order valence-electron chi connectivity index (χ2n) is 4.53. The molecule has 1 aliphatic heterocycles. The molecule has 0 unspecified atom stereocenters. The van der Waals surface area contributed by atoms with Crippen LogP contribution in [0.2, 0.25) is 0 Å². The van der Waals surface area contributed by atoms with Crippen molar-refractivity contribution in [2.24, 2.45) is 0 Å². The van der Waals surface area contributed by atoms with E-state index in [0.29, 0.717) is 6.54 Å². The van der Waals surface area contributed by atoms with Gasteiger partial charge < -0.3 is 16.0 Å². The normalized spacial score (nSPS) is 16.6. The molecule has 6 nitrogen and oxygen atoms in total. The lowest BCUT2D eigenvalue weighted by atomic mass is 10.2. The van der Waals surface area contributed by atoms with E-state index in [1.165, 1.54) is 11.8 Å². The molecule has 1 heterocycles. The van der Waals surface area contributed by atoms with Crippen molar-refractivity contribution in [3.8, 4) is 0 Å². The van der Waals surface area contributed by atoms with Crippen LogP contribution < -0.4 is 16.0 Å². The van der Waals surface area contributed by atoms with E-state index in [1.54, 1.807) is 6.92 Å². The number of benzene rings is 1. The molecule has 0 saturated carbocycles. The zero-order chi connectivity index (χ0) is 15.2. The molecule has 21 heavy (non-hydrogen) atoms. The fourth-order valence-electron chi connectivity index (χ4n) is 1.91. The number of likely N-dealkylation sites (N-methyl/N-ethyl adjacent to an activating group) is 1. The average molecular weight is 307 g/mol. The Morgan fingerprint density at radius 1 is 1.24 bits per heavy atom. The summed E-state index contributed by atoms with van der Waals surface area (Å²) in [6.07, 6.45) is 0.0459. The lowest BCUT2D eigenvalue weighted by Crippen LogP contribution is -2.39. The molecule has 1 aromatic carbocycles. The molecule has 112 valence electrons. The zero-order valence-corrected chi connectivity index (χ0v) is 12.5. The number of carbonyl (C=O) groups is 3. The summed E-state index contributed by atoms with van der Waals surface area (Å²) in [5, 5.41) is 7.41. The van der Waals surface area contributed by atoms with Gasteiger partial charge in [0.15, 0.2) is 0 Å². The fraction of sp³-hybridized carbons (Fsp3) is 0.357. The van der Waals surface area contributed by atoms with Crippen LogP contribution >= 0.6 is 11.8 Å². The highest BCUT2D eigenvalue weighted by atomic mass is 32.2. The van der Waals surface area contributed by atoms with Crippen LogP contribution in [-0.4, -0.2) is 36.1 Å². The van der Waals surface area contributed by atoms with Gasteiger partial charge in [0.2, 0.25) is 17.7 Å². The van der Waals surface area contributed by atoms with Crippen molar-refractivity contribution in [2.45, 2.75) is 23.5 Å². The Hall–Kier alpha value is -2.02. The van der Waals surface area contributed by atoms with Gasteiger partial charge in [0.25, 0.3) is 0 Å². The first-order chi connectivity index (χ1) is 10.1. The van der Waals surface area contributed by atoms with Crippen LogP contribution in [0.15, 0.2) is 29.2 Å². The Kier molecular flexibility index (Phi) is 5.21. The summed E-state index contributed by atoms with van der Waals surface area (Å²) < 4.78 is 0. The number of rotatable bonds is 5. The lowest BCUT2D eigenvalue weighted by molar-refractivity contribution is -0.127. The number of hydrogen-bond acceptors (Lipinski definition) is 4. The summed E-state index contributed by atoms with van der Waals surface area (Å²) in [6.45, 7) is 2.26. The SMILES string of the molecule is CCNC(=O)CNC(=O)C[C@@H]1Sc2ccccc2NC1=O. The molecule has 0 bridgehead atoms. The molecule has 3 N–H and O–H groups in total. The number of hydrogen-bond donors (Lipinski definition) is 3. The Morgan fingerprint density at radius 2 is 2.00 bits per heavy atom. The molecule has 0 aromatic heterocycles. The third-order valence-corrected chi connectivity index (χ3v) is 4.17. The maximum atomic E-state index is 11.9. The van der Waals surface area contributed by atoms with Crippen LogP contribution in [0.5, 0.6) is 0 Å². The molecule has 0 fully saturated rings. The van der Waals surface area contributed by atoms with E-state index in [0.717, 1.165) is 10.6 Å². The van der Waals surface area contributed by atoms with Crippen LogP contribution in [0.25, 0.3) is 0 Å². The smallest absolute Gasteiger partial charge is 0.239 e. The van der Waals surface area contributed by atoms with Gasteiger partial charge in [0, 0.05) is 17.9 Å². The predicted molar refractivity (Wildman–Crippen MR) is 81.0 cm³/mol. The number of anilines is 1. The van der Waals surface area contributed by atoms with E-state index in [2.05, 4.69) is 16.0 Å². The van der Waals surface area contributed by atoms with Crippen molar-refractivity contribution < 1.29 is 14.4 Å². The summed E-state index contributed by atoms with van der Waals surface area (Å²) in [5.74, 6) is -0.739. The number of fused-ring (bicyclic) bond motifs is 1. The monoisotopic (exact) mass is 307 g/mol. The molecule has 0 radical (unpaired) electrons. The minimum absolute atomic E-state index is 0.0459. The highest BCUT2D eigenvalue weighted by Gasteiger charge is 2.28. The molecule has 2 rings (SSSR count). The number of carbonyl (C=O) groups excluding carboxylic acids is 3. The van der Waals surface area contributed by atoms with Gasteiger partial charge in [-0.25, -0.2) is 0 Å². The van der Waals surface area contributed by atoms with Crippen molar-refractivity contribution in [2.75, 3.05) is 18.4 Å². The molecule has 1 atom stereocenters.